The summed E-state index contributed by atoms with van der Waals surface area (Å²) in [4.78, 5) is 11.5. The molecule has 104 valence electrons. The second-order valence-electron chi connectivity index (χ2n) is 6.23. The molecule has 0 aromatic carbocycles. The van der Waals surface area contributed by atoms with E-state index in [2.05, 4.69) is 13.8 Å². The molecule has 2 bridgehead atoms. The fourth-order valence-corrected chi connectivity index (χ4v) is 4.48. The number of aliphatic hydroxyl groups is 1. The van der Waals surface area contributed by atoms with Crippen molar-refractivity contribution in [2.24, 2.45) is 11.8 Å². The van der Waals surface area contributed by atoms with Gasteiger partial charge in [0.15, 0.2) is 0 Å². The molecule has 0 radical (unpaired) electrons. The molecule has 18 heavy (non-hydrogen) atoms. The third-order valence-corrected chi connectivity index (χ3v) is 5.21. The van der Waals surface area contributed by atoms with E-state index in [0.29, 0.717) is 11.8 Å². The first-order chi connectivity index (χ1) is 8.46. The predicted molar refractivity (Wildman–Crippen MR) is 70.1 cm³/mol. The van der Waals surface area contributed by atoms with E-state index in [9.17, 15) is 9.90 Å². The van der Waals surface area contributed by atoms with Gasteiger partial charge in [-0.2, -0.15) is 0 Å². The number of esters is 1. The van der Waals surface area contributed by atoms with Gasteiger partial charge in [0.2, 0.25) is 0 Å². The smallest absolute Gasteiger partial charge is 0.303 e. The summed E-state index contributed by atoms with van der Waals surface area (Å²) in [5.41, 5.74) is -0.824. The molecule has 0 amide bonds. The van der Waals surface area contributed by atoms with Crippen molar-refractivity contribution in [3.63, 3.8) is 0 Å². The molecule has 3 nitrogen and oxygen atoms in total. The van der Waals surface area contributed by atoms with Crippen LogP contribution in [-0.2, 0) is 9.53 Å². The maximum atomic E-state index is 11.5. The van der Waals surface area contributed by atoms with Crippen molar-refractivity contribution >= 4 is 5.97 Å². The van der Waals surface area contributed by atoms with Gasteiger partial charge in [0.05, 0.1) is 5.60 Å². The Labute approximate surface area is 110 Å². The number of rotatable bonds is 3. The van der Waals surface area contributed by atoms with Crippen LogP contribution in [0.1, 0.15) is 65.7 Å². The minimum Gasteiger partial charge on any atom is -0.459 e. The molecule has 2 rings (SSSR count). The van der Waals surface area contributed by atoms with Gasteiger partial charge in [-0.25, -0.2) is 0 Å². The van der Waals surface area contributed by atoms with Gasteiger partial charge >= 0.3 is 5.97 Å². The summed E-state index contributed by atoms with van der Waals surface area (Å²) in [5.74, 6) is 0.464. The monoisotopic (exact) mass is 254 g/mol. The third-order valence-electron chi connectivity index (χ3n) is 5.21. The molecule has 4 unspecified atom stereocenters. The molecule has 2 fully saturated rings. The highest BCUT2D eigenvalue weighted by molar-refractivity contribution is 5.66. The lowest BCUT2D eigenvalue weighted by Crippen LogP contribution is -2.59. The summed E-state index contributed by atoms with van der Waals surface area (Å²) >= 11 is 0. The normalized spacial score (nSPS) is 43.6. The number of fused-ring (bicyclic) bond motifs is 2. The lowest BCUT2D eigenvalue weighted by molar-refractivity contribution is -0.209. The molecule has 0 aromatic heterocycles. The maximum absolute atomic E-state index is 11.5. The summed E-state index contributed by atoms with van der Waals surface area (Å²) in [6.45, 7) is 5.77. The van der Waals surface area contributed by atoms with Crippen LogP contribution in [0.2, 0.25) is 0 Å². The SMILES string of the molecule is CCC1CC2(O)CCCC(C2)C1(CC)OC(C)=O. The number of carbonyl (C=O) groups is 1. The Bertz CT molecular complexity index is 324. The minimum atomic E-state index is -0.498. The number of hydrogen-bond donors (Lipinski definition) is 1. The van der Waals surface area contributed by atoms with Crippen LogP contribution in [-0.4, -0.2) is 22.3 Å². The Morgan fingerprint density at radius 2 is 2.11 bits per heavy atom. The van der Waals surface area contributed by atoms with Gasteiger partial charge in [-0.15, -0.1) is 0 Å². The lowest BCUT2D eigenvalue weighted by atomic mass is 9.56. The Balaban J connectivity index is 2.32. The molecule has 3 heteroatoms. The van der Waals surface area contributed by atoms with Crippen molar-refractivity contribution < 1.29 is 14.6 Å². The highest BCUT2D eigenvalue weighted by Crippen LogP contribution is 2.54. The van der Waals surface area contributed by atoms with Crippen LogP contribution >= 0.6 is 0 Å². The van der Waals surface area contributed by atoms with E-state index in [4.69, 9.17) is 4.74 Å². The molecule has 0 aromatic rings. The van der Waals surface area contributed by atoms with Crippen LogP contribution in [0.15, 0.2) is 0 Å². The third kappa shape index (κ3) is 2.18. The Kier molecular flexibility index (Phi) is 3.72. The molecular weight excluding hydrogens is 228 g/mol. The molecule has 2 saturated carbocycles. The van der Waals surface area contributed by atoms with Gasteiger partial charge in [-0.05, 0) is 38.5 Å². The van der Waals surface area contributed by atoms with Crippen molar-refractivity contribution in [1.82, 2.24) is 0 Å². The van der Waals surface area contributed by atoms with Crippen LogP contribution in [0.5, 0.6) is 0 Å². The minimum absolute atomic E-state index is 0.175. The van der Waals surface area contributed by atoms with E-state index < -0.39 is 5.60 Å². The van der Waals surface area contributed by atoms with Crippen LogP contribution in [0, 0.1) is 11.8 Å². The molecule has 2 aliphatic rings. The van der Waals surface area contributed by atoms with E-state index in [-0.39, 0.29) is 11.6 Å². The Morgan fingerprint density at radius 3 is 2.67 bits per heavy atom. The fraction of sp³-hybridized carbons (Fsp3) is 0.933. The van der Waals surface area contributed by atoms with Crippen LogP contribution in [0.25, 0.3) is 0 Å². The topological polar surface area (TPSA) is 46.5 Å². The quantitative estimate of drug-likeness (QED) is 0.787. The van der Waals surface area contributed by atoms with Gasteiger partial charge in [-0.3, -0.25) is 4.79 Å². The van der Waals surface area contributed by atoms with Crippen LogP contribution in [0.4, 0.5) is 0 Å². The van der Waals surface area contributed by atoms with Gasteiger partial charge in [0.1, 0.15) is 5.60 Å². The van der Waals surface area contributed by atoms with Gasteiger partial charge in [0, 0.05) is 18.8 Å². The van der Waals surface area contributed by atoms with Gasteiger partial charge < -0.3 is 9.84 Å². The summed E-state index contributed by atoms with van der Waals surface area (Å²) in [6.07, 6.45) is 6.50. The van der Waals surface area contributed by atoms with Crippen LogP contribution < -0.4 is 0 Å². The number of hydrogen-bond acceptors (Lipinski definition) is 3. The first-order valence-corrected chi connectivity index (χ1v) is 7.37. The largest absolute Gasteiger partial charge is 0.459 e. The molecule has 2 aliphatic carbocycles. The average Bonchev–Trinajstić information content (AvgIpc) is 2.32. The van der Waals surface area contributed by atoms with Crippen LogP contribution in [0.3, 0.4) is 0 Å². The van der Waals surface area contributed by atoms with Crippen molar-refractivity contribution in [2.45, 2.75) is 76.9 Å². The highest BCUT2D eigenvalue weighted by Gasteiger charge is 2.56. The Morgan fingerprint density at radius 1 is 1.39 bits per heavy atom. The number of carbonyl (C=O) groups excluding carboxylic acids is 1. The van der Waals surface area contributed by atoms with Gasteiger partial charge in [0.25, 0.3) is 0 Å². The number of ether oxygens (including phenoxy) is 1. The van der Waals surface area contributed by atoms with E-state index in [1.54, 1.807) is 0 Å². The van der Waals surface area contributed by atoms with Crippen molar-refractivity contribution in [3.05, 3.63) is 0 Å². The first kappa shape index (κ1) is 13.9. The van der Waals surface area contributed by atoms with E-state index in [1.807, 2.05) is 0 Å². The molecule has 1 N–H and O–H groups in total. The Hall–Kier alpha value is -0.570. The predicted octanol–water partition coefficient (Wildman–Crippen LogP) is 3.05. The van der Waals surface area contributed by atoms with Crippen molar-refractivity contribution in [2.75, 3.05) is 0 Å². The van der Waals surface area contributed by atoms with Gasteiger partial charge in [-0.1, -0.05) is 20.3 Å². The van der Waals surface area contributed by atoms with Crippen molar-refractivity contribution in [1.29, 1.82) is 0 Å². The summed E-state index contributed by atoms with van der Waals surface area (Å²) in [7, 11) is 0. The summed E-state index contributed by atoms with van der Waals surface area (Å²) in [5, 5.41) is 10.6. The fourth-order valence-electron chi connectivity index (χ4n) is 4.48. The second kappa shape index (κ2) is 4.84. The summed E-state index contributed by atoms with van der Waals surface area (Å²) < 4.78 is 5.81. The molecule has 0 heterocycles. The van der Waals surface area contributed by atoms with E-state index in [0.717, 1.165) is 44.9 Å². The van der Waals surface area contributed by atoms with Crippen molar-refractivity contribution in [3.8, 4) is 0 Å². The lowest BCUT2D eigenvalue weighted by Gasteiger charge is -2.56. The average molecular weight is 254 g/mol. The first-order valence-electron chi connectivity index (χ1n) is 7.37. The highest BCUT2D eigenvalue weighted by atomic mass is 16.6. The second-order valence-corrected chi connectivity index (χ2v) is 6.23. The molecule has 0 spiro atoms. The molecule has 0 saturated heterocycles. The zero-order valence-electron chi connectivity index (χ0n) is 11.9. The van der Waals surface area contributed by atoms with E-state index in [1.165, 1.54) is 6.92 Å². The van der Waals surface area contributed by atoms with E-state index >= 15 is 0 Å². The molecule has 0 aliphatic heterocycles. The molecular formula is C15H26O3. The maximum Gasteiger partial charge on any atom is 0.303 e. The zero-order chi connectivity index (χ0) is 13.4. The standard InChI is InChI=1S/C15H26O3/c1-4-12-9-14(17)8-6-7-13(10-14)15(12,5-2)18-11(3)16/h12-13,17H,4-10H2,1-3H3. The molecule has 4 atom stereocenters. The zero-order valence-corrected chi connectivity index (χ0v) is 11.9. The summed E-state index contributed by atoms with van der Waals surface area (Å²) in [6, 6.07) is 0.